The Morgan fingerprint density at radius 2 is 2.00 bits per heavy atom. The third-order valence-corrected chi connectivity index (χ3v) is 5.47. The first-order valence-corrected chi connectivity index (χ1v) is 8.83. The first-order valence-electron chi connectivity index (χ1n) is 8.01. The van der Waals surface area contributed by atoms with Gasteiger partial charge in [0.05, 0.1) is 22.7 Å². The van der Waals surface area contributed by atoms with Crippen molar-refractivity contribution in [2.45, 2.75) is 31.7 Å². The number of aromatic nitrogens is 1. The molecular weight excluding hydrogens is 304 g/mol. The molecule has 4 rings (SSSR count). The summed E-state index contributed by atoms with van der Waals surface area (Å²) in [5.74, 6) is 0.103. The molecule has 1 atom stereocenters. The van der Waals surface area contributed by atoms with Crippen LogP contribution in [0.15, 0.2) is 48.5 Å². The van der Waals surface area contributed by atoms with Gasteiger partial charge in [-0.15, -0.1) is 11.3 Å². The van der Waals surface area contributed by atoms with Crippen molar-refractivity contribution in [2.24, 2.45) is 0 Å². The molecule has 1 heterocycles. The number of carbonyl (C=O) groups is 1. The molecule has 1 aliphatic carbocycles. The van der Waals surface area contributed by atoms with E-state index in [1.165, 1.54) is 15.8 Å². The van der Waals surface area contributed by atoms with Crippen LogP contribution in [-0.4, -0.2) is 10.9 Å². The van der Waals surface area contributed by atoms with Gasteiger partial charge in [0, 0.05) is 0 Å². The number of fused-ring (bicyclic) bond motifs is 2. The average Bonchev–Trinajstić information content (AvgIpc) is 3.02. The summed E-state index contributed by atoms with van der Waals surface area (Å²) < 4.78 is 1.17. The quantitative estimate of drug-likeness (QED) is 0.791. The topological polar surface area (TPSA) is 42.0 Å². The number of nitrogens with one attached hydrogen (secondary N) is 1. The van der Waals surface area contributed by atoms with Gasteiger partial charge in [-0.25, -0.2) is 4.98 Å². The molecule has 0 aliphatic heterocycles. The maximum Gasteiger partial charge on any atom is 0.227 e. The predicted octanol–water partition coefficient (Wildman–Crippen LogP) is 4.03. The van der Waals surface area contributed by atoms with Crippen molar-refractivity contribution in [1.82, 2.24) is 10.3 Å². The van der Waals surface area contributed by atoms with E-state index in [9.17, 15) is 4.79 Å². The molecule has 0 saturated carbocycles. The van der Waals surface area contributed by atoms with Gasteiger partial charge in [-0.1, -0.05) is 36.4 Å². The van der Waals surface area contributed by atoms with Crippen molar-refractivity contribution in [2.75, 3.05) is 0 Å². The van der Waals surface area contributed by atoms with Crippen LogP contribution in [0.3, 0.4) is 0 Å². The smallest absolute Gasteiger partial charge is 0.227 e. The number of amides is 1. The monoisotopic (exact) mass is 322 g/mol. The molecule has 1 aromatic heterocycles. The van der Waals surface area contributed by atoms with Gasteiger partial charge in [0.25, 0.3) is 0 Å². The lowest BCUT2D eigenvalue weighted by molar-refractivity contribution is -0.123. The zero-order valence-corrected chi connectivity index (χ0v) is 13.6. The van der Waals surface area contributed by atoms with Crippen LogP contribution < -0.4 is 5.32 Å². The molecule has 116 valence electrons. The summed E-state index contributed by atoms with van der Waals surface area (Å²) in [7, 11) is 0. The molecule has 0 spiro atoms. The van der Waals surface area contributed by atoms with E-state index in [1.807, 2.05) is 24.3 Å². The highest BCUT2D eigenvalue weighted by Gasteiger charge is 2.25. The molecule has 1 aliphatic rings. The number of hydrogen-bond donors (Lipinski definition) is 1. The van der Waals surface area contributed by atoms with Gasteiger partial charge in [-0.3, -0.25) is 4.79 Å². The number of aryl methyl sites for hydroxylation is 1. The first-order chi connectivity index (χ1) is 11.3. The number of rotatable bonds is 3. The predicted molar refractivity (Wildman–Crippen MR) is 93.6 cm³/mol. The van der Waals surface area contributed by atoms with Crippen LogP contribution in [0.5, 0.6) is 0 Å². The Hall–Kier alpha value is -2.20. The van der Waals surface area contributed by atoms with E-state index in [1.54, 1.807) is 11.3 Å². The Balaban J connectivity index is 1.48. The van der Waals surface area contributed by atoms with Crippen LogP contribution in [0.2, 0.25) is 0 Å². The van der Waals surface area contributed by atoms with Crippen LogP contribution in [0.4, 0.5) is 0 Å². The number of nitrogens with zero attached hydrogens (tertiary/aromatic N) is 1. The van der Waals surface area contributed by atoms with Crippen LogP contribution in [0.1, 0.15) is 34.9 Å². The maximum atomic E-state index is 12.6. The lowest BCUT2D eigenvalue weighted by Crippen LogP contribution is -2.31. The SMILES string of the molecule is O=C(NCc1nc2ccccc2s1)[C@@H]1CCCc2ccccc21. The van der Waals surface area contributed by atoms with E-state index >= 15 is 0 Å². The van der Waals surface area contributed by atoms with Gasteiger partial charge in [-0.2, -0.15) is 0 Å². The van der Waals surface area contributed by atoms with E-state index in [0.717, 1.165) is 29.8 Å². The summed E-state index contributed by atoms with van der Waals surface area (Å²) in [5, 5.41) is 4.04. The molecule has 2 aromatic carbocycles. The highest BCUT2D eigenvalue weighted by Crippen LogP contribution is 2.31. The third kappa shape index (κ3) is 2.86. The third-order valence-electron chi connectivity index (χ3n) is 4.44. The molecule has 1 amide bonds. The minimum Gasteiger partial charge on any atom is -0.349 e. The molecule has 0 radical (unpaired) electrons. The number of carbonyl (C=O) groups excluding carboxylic acids is 1. The van der Waals surface area contributed by atoms with E-state index < -0.39 is 0 Å². The highest BCUT2D eigenvalue weighted by atomic mass is 32.1. The molecule has 0 saturated heterocycles. The molecule has 0 unspecified atom stereocenters. The lowest BCUT2D eigenvalue weighted by Gasteiger charge is -2.24. The number of thiazole rings is 1. The van der Waals surface area contributed by atoms with Crippen LogP contribution in [-0.2, 0) is 17.8 Å². The Bertz CT molecular complexity index is 822. The largest absolute Gasteiger partial charge is 0.349 e. The highest BCUT2D eigenvalue weighted by molar-refractivity contribution is 7.18. The van der Waals surface area contributed by atoms with Gasteiger partial charge in [0.1, 0.15) is 5.01 Å². The summed E-state index contributed by atoms with van der Waals surface area (Å²) >= 11 is 1.65. The van der Waals surface area contributed by atoms with Gasteiger partial charge < -0.3 is 5.32 Å². The van der Waals surface area contributed by atoms with Crippen LogP contribution >= 0.6 is 11.3 Å². The van der Waals surface area contributed by atoms with E-state index in [2.05, 4.69) is 34.6 Å². The fourth-order valence-electron chi connectivity index (χ4n) is 3.31. The Kier molecular flexibility index (Phi) is 3.83. The van der Waals surface area contributed by atoms with E-state index in [4.69, 9.17) is 0 Å². The van der Waals surface area contributed by atoms with Gasteiger partial charge in [0.2, 0.25) is 5.91 Å². The average molecular weight is 322 g/mol. The minimum absolute atomic E-state index is 0.0191. The van der Waals surface area contributed by atoms with Crippen LogP contribution in [0, 0.1) is 0 Å². The second kappa shape index (κ2) is 6.13. The number of hydrogen-bond acceptors (Lipinski definition) is 3. The summed E-state index contributed by atoms with van der Waals surface area (Å²) in [6.07, 6.45) is 3.09. The molecule has 4 heteroatoms. The zero-order chi connectivity index (χ0) is 15.6. The summed E-state index contributed by atoms with van der Waals surface area (Å²) in [6.45, 7) is 0.511. The Morgan fingerprint density at radius 3 is 2.91 bits per heavy atom. The molecule has 3 aromatic rings. The fraction of sp³-hybridized carbons (Fsp3) is 0.263. The van der Waals surface area contributed by atoms with Crippen molar-refractivity contribution < 1.29 is 4.79 Å². The molecule has 0 fully saturated rings. The second-order valence-corrected chi connectivity index (χ2v) is 7.05. The summed E-state index contributed by atoms with van der Waals surface area (Å²) in [6, 6.07) is 16.4. The van der Waals surface area contributed by atoms with Gasteiger partial charge in [0.15, 0.2) is 0 Å². The fourth-order valence-corrected chi connectivity index (χ4v) is 4.21. The summed E-state index contributed by atoms with van der Waals surface area (Å²) in [5.41, 5.74) is 3.52. The van der Waals surface area contributed by atoms with Crippen molar-refractivity contribution >= 4 is 27.5 Å². The lowest BCUT2D eigenvalue weighted by atomic mass is 9.82. The first kappa shape index (κ1) is 14.4. The van der Waals surface area contributed by atoms with Gasteiger partial charge in [-0.05, 0) is 42.5 Å². The molecule has 23 heavy (non-hydrogen) atoms. The van der Waals surface area contributed by atoms with Crippen molar-refractivity contribution in [3.05, 3.63) is 64.7 Å². The molecule has 0 bridgehead atoms. The maximum absolute atomic E-state index is 12.6. The van der Waals surface area contributed by atoms with E-state index in [-0.39, 0.29) is 11.8 Å². The van der Waals surface area contributed by atoms with E-state index in [0.29, 0.717) is 6.54 Å². The van der Waals surface area contributed by atoms with Crippen molar-refractivity contribution in [3.8, 4) is 0 Å². The Morgan fingerprint density at radius 1 is 1.17 bits per heavy atom. The van der Waals surface area contributed by atoms with Crippen molar-refractivity contribution in [3.63, 3.8) is 0 Å². The van der Waals surface area contributed by atoms with Crippen molar-refractivity contribution in [1.29, 1.82) is 0 Å². The molecular formula is C19H18N2OS. The standard InChI is InChI=1S/C19H18N2OS/c22-19(15-9-5-7-13-6-1-2-8-14(13)15)20-12-18-21-16-10-3-4-11-17(16)23-18/h1-4,6,8,10-11,15H,5,7,9,12H2,(H,20,22)/t15-/m1/s1. The zero-order valence-electron chi connectivity index (χ0n) is 12.8. The van der Waals surface area contributed by atoms with Crippen LogP contribution in [0.25, 0.3) is 10.2 Å². The minimum atomic E-state index is -0.0191. The second-order valence-electron chi connectivity index (χ2n) is 5.94. The molecule has 3 nitrogen and oxygen atoms in total. The molecule has 1 N–H and O–H groups in total. The number of para-hydroxylation sites is 1. The normalized spacial score (nSPS) is 17.0. The number of benzene rings is 2. The van der Waals surface area contributed by atoms with Gasteiger partial charge >= 0.3 is 0 Å². The summed E-state index contributed by atoms with van der Waals surface area (Å²) in [4.78, 5) is 17.2. The Labute approximate surface area is 139 Å².